The summed E-state index contributed by atoms with van der Waals surface area (Å²) in [5.74, 6) is 2.55. The van der Waals surface area contributed by atoms with Gasteiger partial charge in [0.25, 0.3) is 0 Å². The van der Waals surface area contributed by atoms with Crippen molar-refractivity contribution in [1.29, 1.82) is 0 Å². The van der Waals surface area contributed by atoms with Crippen LogP contribution in [0.2, 0.25) is 0 Å². The summed E-state index contributed by atoms with van der Waals surface area (Å²) < 4.78 is 0. The fourth-order valence-electron chi connectivity index (χ4n) is 0.976. The third-order valence-electron chi connectivity index (χ3n) is 1.78. The molecule has 0 aliphatic rings. The molecule has 4 nitrogen and oxygen atoms in total. The molecule has 0 saturated heterocycles. The minimum atomic E-state index is -0.997. The molecule has 80 valence electrons. The Morgan fingerprint density at radius 2 is 2.21 bits per heavy atom. The molecule has 0 aliphatic carbocycles. The first-order valence-electron chi connectivity index (χ1n) is 4.63. The van der Waals surface area contributed by atoms with Crippen molar-refractivity contribution in [2.45, 2.75) is 32.2 Å². The molecule has 0 aliphatic heterocycles. The van der Waals surface area contributed by atoms with Gasteiger partial charge in [0, 0.05) is 18.5 Å². The van der Waals surface area contributed by atoms with Gasteiger partial charge in [0.2, 0.25) is 0 Å². The van der Waals surface area contributed by atoms with Crippen LogP contribution >= 0.6 is 0 Å². The van der Waals surface area contributed by atoms with Crippen molar-refractivity contribution >= 4 is 6.09 Å². The number of carboxylic acid groups (broad SMARTS) is 1. The molecule has 14 heavy (non-hydrogen) atoms. The summed E-state index contributed by atoms with van der Waals surface area (Å²) in [5.41, 5.74) is -0.229. The Balaban J connectivity index is 3.61. The van der Waals surface area contributed by atoms with E-state index in [1.165, 1.54) is 0 Å². The lowest BCUT2D eigenvalue weighted by atomic mass is 10.1. The van der Waals surface area contributed by atoms with Crippen molar-refractivity contribution in [2.75, 3.05) is 13.1 Å². The van der Waals surface area contributed by atoms with Gasteiger partial charge in [-0.1, -0.05) is 0 Å². The molecule has 0 aromatic heterocycles. The predicted octanol–water partition coefficient (Wildman–Crippen LogP) is 1.04. The molecule has 0 heterocycles. The van der Waals surface area contributed by atoms with E-state index in [4.69, 9.17) is 11.5 Å². The maximum Gasteiger partial charge on any atom is 0.404 e. The van der Waals surface area contributed by atoms with Crippen molar-refractivity contribution in [2.24, 2.45) is 0 Å². The van der Waals surface area contributed by atoms with Crippen LogP contribution < -0.4 is 10.6 Å². The Morgan fingerprint density at radius 3 is 2.71 bits per heavy atom. The molecule has 3 N–H and O–H groups in total. The quantitative estimate of drug-likeness (QED) is 0.441. The van der Waals surface area contributed by atoms with E-state index in [2.05, 4.69) is 16.6 Å². The van der Waals surface area contributed by atoms with Crippen molar-refractivity contribution < 1.29 is 9.90 Å². The molecule has 1 amide bonds. The van der Waals surface area contributed by atoms with Crippen LogP contribution in [0.1, 0.15) is 26.7 Å². The molecule has 0 aromatic carbocycles. The summed E-state index contributed by atoms with van der Waals surface area (Å²) in [6.07, 6.45) is 5.77. The normalized spacial score (nSPS) is 10.6. The van der Waals surface area contributed by atoms with Crippen LogP contribution in [0.4, 0.5) is 4.79 Å². The minimum Gasteiger partial charge on any atom is -0.465 e. The Bertz CT molecular complexity index is 219. The van der Waals surface area contributed by atoms with E-state index in [0.717, 1.165) is 19.4 Å². The molecule has 0 saturated carbocycles. The summed E-state index contributed by atoms with van der Waals surface area (Å²) in [6, 6.07) is 0. The van der Waals surface area contributed by atoms with Crippen LogP contribution in [0, 0.1) is 12.3 Å². The summed E-state index contributed by atoms with van der Waals surface area (Å²) in [4.78, 5) is 10.3. The second kappa shape index (κ2) is 6.28. The molecular formula is C10H18N2O2. The van der Waals surface area contributed by atoms with Gasteiger partial charge in [-0.05, 0) is 26.8 Å². The van der Waals surface area contributed by atoms with E-state index in [9.17, 15) is 4.79 Å². The lowest BCUT2D eigenvalue weighted by Gasteiger charge is -2.25. The molecule has 0 fully saturated rings. The van der Waals surface area contributed by atoms with Gasteiger partial charge in [0.05, 0.1) is 0 Å². The highest BCUT2D eigenvalue weighted by molar-refractivity contribution is 5.64. The number of rotatable bonds is 6. The van der Waals surface area contributed by atoms with E-state index >= 15 is 0 Å². The number of hydrogen-bond acceptors (Lipinski definition) is 2. The number of amides is 1. The smallest absolute Gasteiger partial charge is 0.404 e. The monoisotopic (exact) mass is 198 g/mol. The van der Waals surface area contributed by atoms with E-state index in [-0.39, 0.29) is 5.54 Å². The number of hydrogen-bond donors (Lipinski definition) is 3. The van der Waals surface area contributed by atoms with Crippen LogP contribution in [0.3, 0.4) is 0 Å². The minimum absolute atomic E-state index is 0.229. The molecule has 4 heteroatoms. The van der Waals surface area contributed by atoms with E-state index < -0.39 is 6.09 Å². The van der Waals surface area contributed by atoms with Gasteiger partial charge >= 0.3 is 6.09 Å². The Kier molecular flexibility index (Phi) is 5.73. The molecular weight excluding hydrogens is 180 g/mol. The zero-order valence-electron chi connectivity index (χ0n) is 8.76. The third kappa shape index (κ3) is 7.44. The highest BCUT2D eigenvalue weighted by atomic mass is 16.4. The lowest BCUT2D eigenvalue weighted by Crippen LogP contribution is -2.49. The fourth-order valence-corrected chi connectivity index (χ4v) is 0.976. The molecule has 0 rings (SSSR count). The molecule has 0 atom stereocenters. The summed E-state index contributed by atoms with van der Waals surface area (Å²) >= 11 is 0. The Labute approximate surface area is 85.1 Å². The Hall–Kier alpha value is -1.21. The topological polar surface area (TPSA) is 61.4 Å². The van der Waals surface area contributed by atoms with Crippen LogP contribution in [0.15, 0.2) is 0 Å². The number of terminal acetylenes is 1. The first kappa shape index (κ1) is 12.8. The Morgan fingerprint density at radius 1 is 1.57 bits per heavy atom. The van der Waals surface area contributed by atoms with Crippen molar-refractivity contribution in [1.82, 2.24) is 10.6 Å². The first-order chi connectivity index (χ1) is 6.48. The fraction of sp³-hybridized carbons (Fsp3) is 0.700. The number of unbranched alkanes of at least 4 members (excludes halogenated alkanes) is 1. The molecule has 0 aromatic rings. The standard InChI is InChI=1S/C10H18N2O2/c1-4-5-6-7-12-10(2,3)8-11-9(13)14/h1,11-12H,5-8H2,2-3H3,(H,13,14). The largest absolute Gasteiger partial charge is 0.465 e. The first-order valence-corrected chi connectivity index (χ1v) is 4.63. The zero-order chi connectivity index (χ0) is 11.0. The average molecular weight is 198 g/mol. The van der Waals surface area contributed by atoms with Gasteiger partial charge in [-0.3, -0.25) is 0 Å². The predicted molar refractivity (Wildman–Crippen MR) is 56.2 cm³/mol. The SMILES string of the molecule is C#CCCCNC(C)(C)CNC(=O)O. The maximum absolute atomic E-state index is 10.3. The zero-order valence-corrected chi connectivity index (χ0v) is 8.76. The summed E-state index contributed by atoms with van der Waals surface area (Å²) in [7, 11) is 0. The van der Waals surface area contributed by atoms with Crippen LogP contribution in [-0.2, 0) is 0 Å². The summed E-state index contributed by atoms with van der Waals surface area (Å²) in [5, 5.41) is 14.0. The van der Waals surface area contributed by atoms with Crippen molar-refractivity contribution in [3.8, 4) is 12.3 Å². The van der Waals surface area contributed by atoms with Gasteiger partial charge in [0.15, 0.2) is 0 Å². The van der Waals surface area contributed by atoms with Gasteiger partial charge in [-0.2, -0.15) is 0 Å². The lowest BCUT2D eigenvalue weighted by molar-refractivity contribution is 0.190. The van der Waals surface area contributed by atoms with Crippen LogP contribution in [0.5, 0.6) is 0 Å². The summed E-state index contributed by atoms with van der Waals surface area (Å²) in [6.45, 7) is 5.08. The van der Waals surface area contributed by atoms with Gasteiger partial charge < -0.3 is 15.7 Å². The number of nitrogens with one attached hydrogen (secondary N) is 2. The third-order valence-corrected chi connectivity index (χ3v) is 1.78. The van der Waals surface area contributed by atoms with Gasteiger partial charge in [-0.25, -0.2) is 4.79 Å². The molecule has 0 unspecified atom stereocenters. The molecule has 0 radical (unpaired) electrons. The van der Waals surface area contributed by atoms with Gasteiger partial charge in [-0.15, -0.1) is 12.3 Å². The highest BCUT2D eigenvalue weighted by Crippen LogP contribution is 2.00. The van der Waals surface area contributed by atoms with Crippen LogP contribution in [-0.4, -0.2) is 29.8 Å². The average Bonchev–Trinajstić information content (AvgIpc) is 2.10. The van der Waals surface area contributed by atoms with E-state index in [1.807, 2.05) is 13.8 Å². The van der Waals surface area contributed by atoms with Crippen molar-refractivity contribution in [3.63, 3.8) is 0 Å². The van der Waals surface area contributed by atoms with Gasteiger partial charge in [0.1, 0.15) is 0 Å². The van der Waals surface area contributed by atoms with E-state index in [1.54, 1.807) is 0 Å². The second-order valence-electron chi connectivity index (χ2n) is 3.78. The van der Waals surface area contributed by atoms with Crippen molar-refractivity contribution in [3.05, 3.63) is 0 Å². The van der Waals surface area contributed by atoms with Crippen LogP contribution in [0.25, 0.3) is 0 Å². The molecule has 0 spiro atoms. The highest BCUT2D eigenvalue weighted by Gasteiger charge is 2.16. The maximum atomic E-state index is 10.3. The van der Waals surface area contributed by atoms with E-state index in [0.29, 0.717) is 6.54 Å². The second-order valence-corrected chi connectivity index (χ2v) is 3.78. The number of carbonyl (C=O) groups is 1. The molecule has 0 bridgehead atoms.